The second kappa shape index (κ2) is 6.25. The molecule has 1 N–H and O–H groups in total. The van der Waals surface area contributed by atoms with E-state index >= 15 is 0 Å². The maximum absolute atomic E-state index is 13.4. The van der Waals surface area contributed by atoms with E-state index in [0.717, 1.165) is 0 Å². The number of hydrogen-bond donors (Lipinski definition) is 1. The minimum atomic E-state index is -0.397. The molecule has 0 bridgehead atoms. The van der Waals surface area contributed by atoms with Crippen LogP contribution < -0.4 is 5.32 Å². The number of ketones is 1. The maximum Gasteiger partial charge on any atom is 0.181 e. The number of carbonyl (C=O) groups is 1. The number of aryl methyl sites for hydroxylation is 1. The highest BCUT2D eigenvalue weighted by molar-refractivity contribution is 6.39. The normalized spacial score (nSPS) is 10.4. The first-order valence-electron chi connectivity index (χ1n) is 5.96. The van der Waals surface area contributed by atoms with Gasteiger partial charge in [0.2, 0.25) is 0 Å². The minimum Gasteiger partial charge on any atom is -0.375 e. The number of hydrogen-bond acceptors (Lipinski definition) is 2. The van der Waals surface area contributed by atoms with Gasteiger partial charge in [-0.05, 0) is 30.7 Å². The standard InChI is InChI=1S/C15H12Cl2FNO/c1-9-5-6-10(7-13(9)18)14(20)8-19-15-11(16)3-2-4-12(15)17/h2-7,19H,8H2,1H3. The monoisotopic (exact) mass is 311 g/mol. The van der Waals surface area contributed by atoms with Crippen LogP contribution in [0.25, 0.3) is 0 Å². The van der Waals surface area contributed by atoms with Crippen molar-refractivity contribution >= 4 is 34.7 Å². The number of rotatable bonds is 4. The number of nitrogens with one attached hydrogen (secondary N) is 1. The van der Waals surface area contributed by atoms with Crippen molar-refractivity contribution in [2.45, 2.75) is 6.92 Å². The van der Waals surface area contributed by atoms with Crippen molar-refractivity contribution in [2.24, 2.45) is 0 Å². The van der Waals surface area contributed by atoms with Gasteiger partial charge in [0.25, 0.3) is 0 Å². The summed E-state index contributed by atoms with van der Waals surface area (Å²) in [6.45, 7) is 1.64. The van der Waals surface area contributed by atoms with E-state index in [2.05, 4.69) is 5.32 Å². The summed E-state index contributed by atoms with van der Waals surface area (Å²) in [6, 6.07) is 9.46. The Morgan fingerprint density at radius 1 is 1.20 bits per heavy atom. The third-order valence-electron chi connectivity index (χ3n) is 2.88. The van der Waals surface area contributed by atoms with Crippen molar-refractivity contribution in [1.29, 1.82) is 0 Å². The van der Waals surface area contributed by atoms with E-state index in [1.165, 1.54) is 6.07 Å². The van der Waals surface area contributed by atoms with Crippen molar-refractivity contribution in [1.82, 2.24) is 0 Å². The number of carbonyl (C=O) groups excluding carboxylic acids is 1. The van der Waals surface area contributed by atoms with Crippen LogP contribution >= 0.6 is 23.2 Å². The summed E-state index contributed by atoms with van der Waals surface area (Å²) in [4.78, 5) is 12.0. The summed E-state index contributed by atoms with van der Waals surface area (Å²) in [6.07, 6.45) is 0. The molecule has 0 heterocycles. The van der Waals surface area contributed by atoms with E-state index in [4.69, 9.17) is 23.2 Å². The molecule has 2 aromatic rings. The van der Waals surface area contributed by atoms with Crippen molar-refractivity contribution in [2.75, 3.05) is 11.9 Å². The molecule has 0 amide bonds. The number of benzene rings is 2. The zero-order chi connectivity index (χ0) is 14.7. The van der Waals surface area contributed by atoms with Gasteiger partial charge < -0.3 is 5.32 Å². The third kappa shape index (κ3) is 3.30. The van der Waals surface area contributed by atoms with Gasteiger partial charge in [-0.3, -0.25) is 4.79 Å². The number of anilines is 1. The van der Waals surface area contributed by atoms with E-state index in [1.54, 1.807) is 37.3 Å². The van der Waals surface area contributed by atoms with Crippen LogP contribution in [0.4, 0.5) is 10.1 Å². The van der Waals surface area contributed by atoms with Gasteiger partial charge in [-0.15, -0.1) is 0 Å². The van der Waals surface area contributed by atoms with E-state index in [1.807, 2.05) is 0 Å². The summed E-state index contributed by atoms with van der Waals surface area (Å²) < 4.78 is 13.4. The Morgan fingerprint density at radius 2 is 1.85 bits per heavy atom. The second-order valence-corrected chi connectivity index (χ2v) is 5.15. The summed E-state index contributed by atoms with van der Waals surface area (Å²) in [5.41, 5.74) is 1.31. The molecule has 0 unspecified atom stereocenters. The highest BCUT2D eigenvalue weighted by atomic mass is 35.5. The Balaban J connectivity index is 2.11. The van der Waals surface area contributed by atoms with Gasteiger partial charge in [0.1, 0.15) is 5.82 Å². The lowest BCUT2D eigenvalue weighted by Gasteiger charge is -2.10. The fraction of sp³-hybridized carbons (Fsp3) is 0.133. The van der Waals surface area contributed by atoms with Crippen LogP contribution in [0.2, 0.25) is 10.0 Å². The molecule has 0 saturated heterocycles. The molecule has 2 nitrogen and oxygen atoms in total. The van der Waals surface area contributed by atoms with E-state index in [9.17, 15) is 9.18 Å². The summed E-state index contributed by atoms with van der Waals surface area (Å²) >= 11 is 12.0. The molecular weight excluding hydrogens is 300 g/mol. The largest absolute Gasteiger partial charge is 0.375 e. The van der Waals surface area contributed by atoms with Gasteiger partial charge in [0, 0.05) is 5.56 Å². The Bertz CT molecular complexity index is 638. The molecule has 0 saturated carbocycles. The van der Waals surface area contributed by atoms with Gasteiger partial charge in [-0.1, -0.05) is 41.4 Å². The predicted octanol–water partition coefficient (Wildman–Crippen LogP) is 4.74. The zero-order valence-corrected chi connectivity index (χ0v) is 12.2. The Hall–Kier alpha value is -1.58. The van der Waals surface area contributed by atoms with E-state index < -0.39 is 5.82 Å². The molecule has 20 heavy (non-hydrogen) atoms. The highest BCUT2D eigenvalue weighted by Gasteiger charge is 2.10. The topological polar surface area (TPSA) is 29.1 Å². The van der Waals surface area contributed by atoms with Gasteiger partial charge in [0.05, 0.1) is 22.3 Å². The zero-order valence-electron chi connectivity index (χ0n) is 10.7. The molecule has 0 aromatic heterocycles. The SMILES string of the molecule is Cc1ccc(C(=O)CNc2c(Cl)cccc2Cl)cc1F. The average Bonchev–Trinajstić information content (AvgIpc) is 2.41. The molecule has 0 aliphatic rings. The van der Waals surface area contributed by atoms with E-state index in [-0.39, 0.29) is 12.3 Å². The van der Waals surface area contributed by atoms with Crippen LogP contribution in [0.3, 0.4) is 0 Å². The first-order valence-corrected chi connectivity index (χ1v) is 6.72. The summed E-state index contributed by atoms with van der Waals surface area (Å²) in [5.74, 6) is -0.633. The fourth-order valence-corrected chi connectivity index (χ4v) is 2.23. The van der Waals surface area contributed by atoms with Crippen LogP contribution in [0.5, 0.6) is 0 Å². The lowest BCUT2D eigenvalue weighted by Crippen LogP contribution is -2.14. The molecule has 0 fully saturated rings. The van der Waals surface area contributed by atoms with Crippen LogP contribution in [0, 0.1) is 12.7 Å². The molecule has 0 aliphatic carbocycles. The lowest BCUT2D eigenvalue weighted by molar-refractivity contribution is 0.101. The average molecular weight is 312 g/mol. The molecule has 0 spiro atoms. The molecule has 0 aliphatic heterocycles. The smallest absolute Gasteiger partial charge is 0.181 e. The third-order valence-corrected chi connectivity index (χ3v) is 3.51. The molecule has 0 radical (unpaired) electrons. The van der Waals surface area contributed by atoms with Crippen molar-refractivity contribution in [3.8, 4) is 0 Å². The van der Waals surface area contributed by atoms with Crippen LogP contribution in [0.15, 0.2) is 36.4 Å². The van der Waals surface area contributed by atoms with Gasteiger partial charge in [0.15, 0.2) is 5.78 Å². The number of halogens is 3. The second-order valence-electron chi connectivity index (χ2n) is 4.34. The van der Waals surface area contributed by atoms with Gasteiger partial charge >= 0.3 is 0 Å². The van der Waals surface area contributed by atoms with Gasteiger partial charge in [-0.2, -0.15) is 0 Å². The first kappa shape index (κ1) is 14.8. The number of para-hydroxylation sites is 1. The molecule has 104 valence electrons. The minimum absolute atomic E-state index is 0.00798. The molecule has 2 rings (SSSR count). The summed E-state index contributed by atoms with van der Waals surface area (Å²) in [5, 5.41) is 3.74. The van der Waals surface area contributed by atoms with Crippen molar-refractivity contribution < 1.29 is 9.18 Å². The predicted molar refractivity (Wildman–Crippen MR) is 80.4 cm³/mol. The van der Waals surface area contributed by atoms with Gasteiger partial charge in [-0.25, -0.2) is 4.39 Å². The molecule has 5 heteroatoms. The van der Waals surface area contributed by atoms with Crippen molar-refractivity contribution in [3.05, 3.63) is 63.4 Å². The first-order chi connectivity index (χ1) is 9.49. The quantitative estimate of drug-likeness (QED) is 0.827. The van der Waals surface area contributed by atoms with Crippen LogP contribution in [-0.2, 0) is 0 Å². The summed E-state index contributed by atoms with van der Waals surface area (Å²) in [7, 11) is 0. The Morgan fingerprint density at radius 3 is 2.45 bits per heavy atom. The Labute approximate surface area is 126 Å². The van der Waals surface area contributed by atoms with Crippen molar-refractivity contribution in [3.63, 3.8) is 0 Å². The highest BCUT2D eigenvalue weighted by Crippen LogP contribution is 2.29. The van der Waals surface area contributed by atoms with Crippen LogP contribution in [0.1, 0.15) is 15.9 Å². The molecular formula is C15H12Cl2FNO. The Kier molecular flexibility index (Phi) is 4.63. The lowest BCUT2D eigenvalue weighted by atomic mass is 10.1. The molecule has 2 aromatic carbocycles. The number of Topliss-reactive ketones (excluding diaryl/α,β-unsaturated/α-hetero) is 1. The van der Waals surface area contributed by atoms with E-state index in [0.29, 0.717) is 26.9 Å². The molecule has 0 atom stereocenters. The van der Waals surface area contributed by atoms with Crippen LogP contribution in [-0.4, -0.2) is 12.3 Å². The fourth-order valence-electron chi connectivity index (χ4n) is 1.70. The maximum atomic E-state index is 13.4.